The van der Waals surface area contributed by atoms with Crippen LogP contribution >= 0.6 is 0 Å². The Morgan fingerprint density at radius 3 is 2.52 bits per heavy atom. The van der Waals surface area contributed by atoms with E-state index in [0.717, 1.165) is 12.5 Å². The van der Waals surface area contributed by atoms with Gasteiger partial charge < -0.3 is 10.2 Å². The van der Waals surface area contributed by atoms with Crippen LogP contribution in [-0.2, 0) is 0 Å². The molecular formula is C19H32N2. The highest BCUT2D eigenvalue weighted by atomic mass is 15.2. The molecule has 1 N–H and O–H groups in total. The molecular weight excluding hydrogens is 256 g/mol. The first kappa shape index (κ1) is 16.5. The van der Waals surface area contributed by atoms with Crippen LogP contribution < -0.4 is 5.32 Å². The van der Waals surface area contributed by atoms with Crippen LogP contribution in [0, 0.1) is 11.3 Å². The average molecular weight is 288 g/mol. The second kappa shape index (κ2) is 7.42. The van der Waals surface area contributed by atoms with Gasteiger partial charge in [0.15, 0.2) is 0 Å². The van der Waals surface area contributed by atoms with Crippen molar-refractivity contribution in [3.05, 3.63) is 35.9 Å². The normalized spacial score (nSPS) is 21.6. The highest BCUT2D eigenvalue weighted by Gasteiger charge is 2.34. The number of nitrogens with zero attached hydrogens (tertiary/aromatic N) is 1. The third-order valence-electron chi connectivity index (χ3n) is 4.90. The summed E-state index contributed by atoms with van der Waals surface area (Å²) in [6, 6.07) is 11.3. The van der Waals surface area contributed by atoms with Crippen LogP contribution in [0.15, 0.2) is 30.3 Å². The predicted molar refractivity (Wildman–Crippen MR) is 91.5 cm³/mol. The topological polar surface area (TPSA) is 15.3 Å². The first-order chi connectivity index (χ1) is 10.1. The molecule has 0 spiro atoms. The predicted octanol–water partition coefficient (Wildman–Crippen LogP) is 4.10. The first-order valence-electron chi connectivity index (χ1n) is 8.57. The summed E-state index contributed by atoms with van der Waals surface area (Å²) in [5.74, 6) is 0.912. The lowest BCUT2D eigenvalue weighted by atomic mass is 9.79. The van der Waals surface area contributed by atoms with Crippen molar-refractivity contribution < 1.29 is 0 Å². The van der Waals surface area contributed by atoms with Gasteiger partial charge in [-0.05, 0) is 36.4 Å². The van der Waals surface area contributed by atoms with Crippen LogP contribution in [0.1, 0.15) is 52.1 Å². The van der Waals surface area contributed by atoms with Gasteiger partial charge in [-0.2, -0.15) is 0 Å². The number of hydrogen-bond acceptors (Lipinski definition) is 2. The van der Waals surface area contributed by atoms with Crippen molar-refractivity contribution in [3.8, 4) is 0 Å². The van der Waals surface area contributed by atoms with E-state index in [1.54, 1.807) is 0 Å². The molecule has 1 aromatic carbocycles. The maximum atomic E-state index is 3.71. The van der Waals surface area contributed by atoms with Crippen LogP contribution in [0.25, 0.3) is 0 Å². The SMILES string of the molecule is CCNC(c1ccccc1)C(C)(C)CN1CCC(CC)C1. The lowest BCUT2D eigenvalue weighted by Gasteiger charge is -2.38. The smallest absolute Gasteiger partial charge is 0.0384 e. The first-order valence-corrected chi connectivity index (χ1v) is 8.57. The fourth-order valence-electron chi connectivity index (χ4n) is 3.75. The number of rotatable bonds is 7. The van der Waals surface area contributed by atoms with Gasteiger partial charge in [-0.25, -0.2) is 0 Å². The quantitative estimate of drug-likeness (QED) is 0.813. The summed E-state index contributed by atoms with van der Waals surface area (Å²) in [5.41, 5.74) is 1.65. The molecule has 0 bridgehead atoms. The maximum Gasteiger partial charge on any atom is 0.0384 e. The van der Waals surface area contributed by atoms with Gasteiger partial charge in [0.25, 0.3) is 0 Å². The summed E-state index contributed by atoms with van der Waals surface area (Å²) < 4.78 is 0. The molecule has 1 aliphatic rings. The van der Waals surface area contributed by atoms with Crippen molar-refractivity contribution in [2.75, 3.05) is 26.2 Å². The van der Waals surface area contributed by atoms with Gasteiger partial charge in [-0.1, -0.05) is 64.4 Å². The summed E-state index contributed by atoms with van der Waals surface area (Å²) in [6.07, 6.45) is 2.70. The van der Waals surface area contributed by atoms with Crippen LogP contribution in [0.3, 0.4) is 0 Å². The van der Waals surface area contributed by atoms with E-state index in [1.165, 1.54) is 38.0 Å². The summed E-state index contributed by atoms with van der Waals surface area (Å²) >= 11 is 0. The molecule has 0 saturated carbocycles. The fourth-order valence-corrected chi connectivity index (χ4v) is 3.75. The fraction of sp³-hybridized carbons (Fsp3) is 0.684. The molecule has 0 radical (unpaired) electrons. The molecule has 1 fully saturated rings. The van der Waals surface area contributed by atoms with E-state index in [0.29, 0.717) is 6.04 Å². The minimum Gasteiger partial charge on any atom is -0.310 e. The molecule has 2 unspecified atom stereocenters. The van der Waals surface area contributed by atoms with Gasteiger partial charge in [0, 0.05) is 19.1 Å². The van der Waals surface area contributed by atoms with Crippen molar-refractivity contribution in [3.63, 3.8) is 0 Å². The van der Waals surface area contributed by atoms with E-state index in [4.69, 9.17) is 0 Å². The zero-order valence-electron chi connectivity index (χ0n) is 14.2. The number of likely N-dealkylation sites (tertiary alicyclic amines) is 1. The van der Waals surface area contributed by atoms with Crippen LogP contribution in [-0.4, -0.2) is 31.1 Å². The van der Waals surface area contributed by atoms with Crippen LogP contribution in [0.5, 0.6) is 0 Å². The lowest BCUT2D eigenvalue weighted by molar-refractivity contribution is 0.153. The molecule has 1 heterocycles. The van der Waals surface area contributed by atoms with E-state index in [9.17, 15) is 0 Å². The van der Waals surface area contributed by atoms with Gasteiger partial charge in [0.2, 0.25) is 0 Å². The summed E-state index contributed by atoms with van der Waals surface area (Å²) in [7, 11) is 0. The molecule has 118 valence electrons. The number of hydrogen-bond donors (Lipinski definition) is 1. The highest BCUT2D eigenvalue weighted by Crippen LogP contribution is 2.35. The lowest BCUT2D eigenvalue weighted by Crippen LogP contribution is -2.42. The molecule has 0 aromatic heterocycles. The van der Waals surface area contributed by atoms with E-state index >= 15 is 0 Å². The minimum absolute atomic E-state index is 0.236. The zero-order valence-corrected chi connectivity index (χ0v) is 14.2. The van der Waals surface area contributed by atoms with Crippen molar-refractivity contribution in [1.82, 2.24) is 10.2 Å². The standard InChI is InChI=1S/C19H32N2/c1-5-16-12-13-21(14-16)15-19(3,4)18(20-6-2)17-10-8-7-9-11-17/h7-11,16,18,20H,5-6,12-15H2,1-4H3. The average Bonchev–Trinajstić information content (AvgIpc) is 2.92. The Balaban J connectivity index is 2.07. The maximum absolute atomic E-state index is 3.71. The second-order valence-electron chi connectivity index (χ2n) is 7.19. The Morgan fingerprint density at radius 2 is 1.95 bits per heavy atom. The van der Waals surface area contributed by atoms with Crippen LogP contribution in [0.2, 0.25) is 0 Å². The van der Waals surface area contributed by atoms with Crippen molar-refractivity contribution in [2.45, 2.75) is 46.6 Å². The Morgan fingerprint density at radius 1 is 1.24 bits per heavy atom. The molecule has 0 amide bonds. The van der Waals surface area contributed by atoms with Gasteiger partial charge in [0.05, 0.1) is 0 Å². The third kappa shape index (κ3) is 4.31. The Hall–Kier alpha value is -0.860. The number of benzene rings is 1. The molecule has 2 rings (SSSR count). The summed E-state index contributed by atoms with van der Waals surface area (Å²) in [4.78, 5) is 2.67. The van der Waals surface area contributed by atoms with Gasteiger partial charge in [-0.15, -0.1) is 0 Å². The van der Waals surface area contributed by atoms with Gasteiger partial charge >= 0.3 is 0 Å². The van der Waals surface area contributed by atoms with E-state index < -0.39 is 0 Å². The zero-order chi connectivity index (χ0) is 15.3. The third-order valence-corrected chi connectivity index (χ3v) is 4.90. The van der Waals surface area contributed by atoms with E-state index in [1.807, 2.05) is 0 Å². The molecule has 0 aliphatic carbocycles. The van der Waals surface area contributed by atoms with Crippen molar-refractivity contribution in [1.29, 1.82) is 0 Å². The largest absolute Gasteiger partial charge is 0.310 e. The minimum atomic E-state index is 0.236. The van der Waals surface area contributed by atoms with Gasteiger partial charge in [-0.3, -0.25) is 0 Å². The van der Waals surface area contributed by atoms with Crippen molar-refractivity contribution >= 4 is 0 Å². The molecule has 1 aliphatic heterocycles. The monoisotopic (exact) mass is 288 g/mol. The number of nitrogens with one attached hydrogen (secondary N) is 1. The molecule has 2 nitrogen and oxygen atoms in total. The molecule has 1 saturated heterocycles. The molecule has 1 aromatic rings. The molecule has 2 atom stereocenters. The summed E-state index contributed by atoms with van der Waals surface area (Å²) in [6.45, 7) is 14.1. The Labute approximate surface area is 130 Å². The Bertz CT molecular complexity index is 413. The Kier molecular flexibility index (Phi) is 5.83. The van der Waals surface area contributed by atoms with Gasteiger partial charge in [0.1, 0.15) is 0 Å². The highest BCUT2D eigenvalue weighted by molar-refractivity contribution is 5.21. The molecule has 2 heteroatoms. The van der Waals surface area contributed by atoms with E-state index in [-0.39, 0.29) is 5.41 Å². The second-order valence-corrected chi connectivity index (χ2v) is 7.19. The van der Waals surface area contributed by atoms with Crippen LogP contribution in [0.4, 0.5) is 0 Å². The van der Waals surface area contributed by atoms with E-state index in [2.05, 4.69) is 68.2 Å². The summed E-state index contributed by atoms with van der Waals surface area (Å²) in [5, 5.41) is 3.71. The molecule has 21 heavy (non-hydrogen) atoms. The van der Waals surface area contributed by atoms with Crippen molar-refractivity contribution in [2.24, 2.45) is 11.3 Å².